The van der Waals surface area contributed by atoms with Gasteiger partial charge in [0.2, 0.25) is 5.78 Å². The summed E-state index contributed by atoms with van der Waals surface area (Å²) in [7, 11) is 0. The maximum atomic E-state index is 13.8. The summed E-state index contributed by atoms with van der Waals surface area (Å²) < 4.78 is 29.8. The molecule has 8 heteroatoms. The van der Waals surface area contributed by atoms with E-state index < -0.39 is 22.8 Å². The van der Waals surface area contributed by atoms with Gasteiger partial charge in [0.05, 0.1) is 6.10 Å². The third-order valence-electron chi connectivity index (χ3n) is 10.3. The molecule has 0 aromatic heterocycles. The summed E-state index contributed by atoms with van der Waals surface area (Å²) in [6.45, 7) is 8.89. The third-order valence-corrected chi connectivity index (χ3v) is 10.3. The molecule has 2 aliphatic heterocycles. The largest absolute Gasteiger partial charge is 0.456 e. The molecule has 8 nitrogen and oxygen atoms in total. The second kappa shape index (κ2) is 7.51. The first-order chi connectivity index (χ1) is 16.9. The molecule has 2 heterocycles. The standard InChI is InChI=1S/C28H36O8/c1-16(29)34-18-8-10-25(4)17(12-18)6-7-20-19-9-11-27(26(19,5)13-22-28(20,25)35-22)21(30)14-32-23(31)15-33-24(2,3)36-27/h6,12,19-20,22H,7-11,13-15H2,1-5H3/t19-,20-,22-,25-,26-,27-,28+/m0/s1. The van der Waals surface area contributed by atoms with Gasteiger partial charge in [0.25, 0.3) is 0 Å². The van der Waals surface area contributed by atoms with Crippen LogP contribution in [-0.4, -0.2) is 54.0 Å². The van der Waals surface area contributed by atoms with E-state index in [0.29, 0.717) is 19.3 Å². The van der Waals surface area contributed by atoms with Crippen LogP contribution >= 0.6 is 0 Å². The Morgan fingerprint density at radius 1 is 1.08 bits per heavy atom. The number of esters is 2. The highest BCUT2D eigenvalue weighted by molar-refractivity contribution is 5.91. The van der Waals surface area contributed by atoms with Crippen LogP contribution < -0.4 is 0 Å². The van der Waals surface area contributed by atoms with Crippen LogP contribution in [0.2, 0.25) is 0 Å². The number of carbonyl (C=O) groups is 3. The summed E-state index contributed by atoms with van der Waals surface area (Å²) in [6, 6.07) is 0. The van der Waals surface area contributed by atoms with E-state index in [1.165, 1.54) is 12.5 Å². The molecule has 0 amide bonds. The van der Waals surface area contributed by atoms with Crippen LogP contribution in [0.15, 0.2) is 23.5 Å². The lowest BCUT2D eigenvalue weighted by Crippen LogP contribution is -2.63. The highest BCUT2D eigenvalue weighted by Gasteiger charge is 2.81. The zero-order valence-electron chi connectivity index (χ0n) is 21.8. The maximum Gasteiger partial charge on any atom is 0.332 e. The monoisotopic (exact) mass is 500 g/mol. The second-order valence-corrected chi connectivity index (χ2v) is 12.4. The van der Waals surface area contributed by atoms with Gasteiger partial charge in [-0.05, 0) is 69.4 Å². The molecule has 0 N–H and O–H groups in total. The molecule has 6 rings (SSSR count). The third kappa shape index (κ3) is 3.07. The highest BCUT2D eigenvalue weighted by atomic mass is 16.7. The molecule has 6 aliphatic rings. The van der Waals surface area contributed by atoms with E-state index >= 15 is 0 Å². The highest BCUT2D eigenvalue weighted by Crippen LogP contribution is 2.76. The van der Waals surface area contributed by atoms with Gasteiger partial charge in [-0.3, -0.25) is 9.59 Å². The fraction of sp³-hybridized carbons (Fsp3) is 0.750. The first-order valence-electron chi connectivity index (χ1n) is 13.2. The van der Waals surface area contributed by atoms with Gasteiger partial charge in [0.15, 0.2) is 12.4 Å². The Bertz CT molecular complexity index is 1100. The molecule has 0 bridgehead atoms. The van der Waals surface area contributed by atoms with Crippen molar-refractivity contribution in [1.29, 1.82) is 0 Å². The van der Waals surface area contributed by atoms with Crippen LogP contribution in [0, 0.1) is 22.7 Å². The summed E-state index contributed by atoms with van der Waals surface area (Å²) in [5.74, 6) is -0.962. The van der Waals surface area contributed by atoms with Crippen LogP contribution in [0.1, 0.15) is 73.1 Å². The Balaban J connectivity index is 1.38. The normalized spacial score (nSPS) is 47.0. The van der Waals surface area contributed by atoms with Crippen molar-refractivity contribution >= 4 is 17.7 Å². The molecule has 0 aromatic rings. The van der Waals surface area contributed by atoms with Gasteiger partial charge in [-0.15, -0.1) is 0 Å². The minimum Gasteiger partial charge on any atom is -0.456 e. The predicted molar refractivity (Wildman–Crippen MR) is 126 cm³/mol. The topological polar surface area (TPSA) is 101 Å². The van der Waals surface area contributed by atoms with Gasteiger partial charge in [0, 0.05) is 24.2 Å². The molecular formula is C28H36O8. The molecule has 2 saturated heterocycles. The van der Waals surface area contributed by atoms with Crippen molar-refractivity contribution < 1.29 is 38.1 Å². The Morgan fingerprint density at radius 3 is 2.61 bits per heavy atom. The molecule has 7 atom stereocenters. The Morgan fingerprint density at radius 2 is 1.86 bits per heavy atom. The molecule has 0 unspecified atom stereocenters. The van der Waals surface area contributed by atoms with E-state index in [9.17, 15) is 14.4 Å². The van der Waals surface area contributed by atoms with Crippen LogP contribution in [0.25, 0.3) is 0 Å². The van der Waals surface area contributed by atoms with E-state index in [1.807, 2.05) is 6.08 Å². The van der Waals surface area contributed by atoms with Crippen molar-refractivity contribution in [2.45, 2.75) is 96.2 Å². The molecule has 196 valence electrons. The minimum atomic E-state index is -1.11. The average molecular weight is 501 g/mol. The molecule has 36 heavy (non-hydrogen) atoms. The predicted octanol–water partition coefficient (Wildman–Crippen LogP) is 3.77. The van der Waals surface area contributed by atoms with Gasteiger partial charge >= 0.3 is 11.9 Å². The zero-order valence-corrected chi connectivity index (χ0v) is 21.8. The quantitative estimate of drug-likeness (QED) is 0.396. The van der Waals surface area contributed by atoms with Gasteiger partial charge in [-0.2, -0.15) is 0 Å². The van der Waals surface area contributed by atoms with Crippen molar-refractivity contribution in [3.63, 3.8) is 0 Å². The lowest BCUT2D eigenvalue weighted by molar-refractivity contribution is -0.284. The molecule has 4 fully saturated rings. The van der Waals surface area contributed by atoms with E-state index in [0.717, 1.165) is 25.0 Å². The van der Waals surface area contributed by atoms with Gasteiger partial charge in [0.1, 0.15) is 23.6 Å². The van der Waals surface area contributed by atoms with Gasteiger partial charge in [-0.1, -0.05) is 19.9 Å². The summed E-state index contributed by atoms with van der Waals surface area (Å²) >= 11 is 0. The number of allylic oxidation sites excluding steroid dienone is 3. The molecule has 4 aliphatic carbocycles. The Labute approximate surface area is 211 Å². The van der Waals surface area contributed by atoms with Crippen molar-refractivity contribution in [3.05, 3.63) is 23.5 Å². The number of hydrogen-bond acceptors (Lipinski definition) is 8. The fourth-order valence-electron chi connectivity index (χ4n) is 8.68. The number of Topliss-reactive ketones (excluding diaryl/α,β-unsaturated/α-hetero) is 1. The number of epoxide rings is 1. The second-order valence-electron chi connectivity index (χ2n) is 12.4. The van der Waals surface area contributed by atoms with Gasteiger partial charge < -0.3 is 23.7 Å². The Kier molecular flexibility index (Phi) is 5.07. The number of fused-ring (bicyclic) bond motifs is 4. The van der Waals surface area contributed by atoms with Crippen molar-refractivity contribution in [3.8, 4) is 0 Å². The first-order valence-corrected chi connectivity index (χ1v) is 13.2. The van der Waals surface area contributed by atoms with E-state index in [1.54, 1.807) is 13.8 Å². The van der Waals surface area contributed by atoms with Crippen molar-refractivity contribution in [2.75, 3.05) is 13.2 Å². The SMILES string of the molecule is CC(=O)OC1=CC2=CC[C@H]3[C@@H]4CC[C@@]5(OC(C)(C)OCC(=O)OCC5=O)[C@@]4(C)C[C@@H]4O[C@@]43[C@@]2(C)CC1. The molecular weight excluding hydrogens is 464 g/mol. The van der Waals surface area contributed by atoms with Crippen LogP contribution in [0.5, 0.6) is 0 Å². The van der Waals surface area contributed by atoms with Crippen molar-refractivity contribution in [2.24, 2.45) is 22.7 Å². The van der Waals surface area contributed by atoms with Crippen LogP contribution in [0.4, 0.5) is 0 Å². The summed E-state index contributed by atoms with van der Waals surface area (Å²) in [6.07, 6.45) is 8.83. The number of hydrogen-bond donors (Lipinski definition) is 0. The number of carbonyl (C=O) groups excluding carboxylic acids is 3. The van der Waals surface area contributed by atoms with E-state index in [4.69, 9.17) is 23.7 Å². The smallest absolute Gasteiger partial charge is 0.332 e. The number of ketones is 1. The summed E-state index contributed by atoms with van der Waals surface area (Å²) in [5.41, 5.74) is -0.861. The number of rotatable bonds is 1. The molecule has 0 radical (unpaired) electrons. The average Bonchev–Trinajstić information content (AvgIpc) is 3.44. The zero-order chi connectivity index (χ0) is 25.7. The summed E-state index contributed by atoms with van der Waals surface area (Å²) in [4.78, 5) is 37.4. The summed E-state index contributed by atoms with van der Waals surface area (Å²) in [5, 5.41) is 0. The van der Waals surface area contributed by atoms with Gasteiger partial charge in [-0.25, -0.2) is 4.79 Å². The lowest BCUT2D eigenvalue weighted by Gasteiger charge is -2.56. The molecule has 0 aromatic carbocycles. The first kappa shape index (κ1) is 24.3. The van der Waals surface area contributed by atoms with Crippen molar-refractivity contribution in [1.82, 2.24) is 0 Å². The minimum absolute atomic E-state index is 0.00621. The molecule has 2 saturated carbocycles. The molecule has 2 spiro atoms. The van der Waals surface area contributed by atoms with Crippen LogP contribution in [0.3, 0.4) is 0 Å². The number of ether oxygens (including phenoxy) is 5. The lowest BCUT2D eigenvalue weighted by atomic mass is 9.47. The van der Waals surface area contributed by atoms with E-state index in [-0.39, 0.29) is 53.9 Å². The van der Waals surface area contributed by atoms with E-state index in [2.05, 4.69) is 19.9 Å². The number of cyclic esters (lactones) is 1. The van der Waals surface area contributed by atoms with Crippen LogP contribution in [-0.2, 0) is 38.1 Å². The maximum absolute atomic E-state index is 13.8. The fourth-order valence-corrected chi connectivity index (χ4v) is 8.68. The Hall–Kier alpha value is -2.03.